The van der Waals surface area contributed by atoms with Crippen molar-refractivity contribution in [1.29, 1.82) is 0 Å². The third-order valence-electron chi connectivity index (χ3n) is 4.07. The fourth-order valence-electron chi connectivity index (χ4n) is 2.70. The number of nitrogens with one attached hydrogen (secondary N) is 1. The summed E-state index contributed by atoms with van der Waals surface area (Å²) in [5.41, 5.74) is 2.73. The van der Waals surface area contributed by atoms with Crippen molar-refractivity contribution in [3.63, 3.8) is 0 Å². The van der Waals surface area contributed by atoms with Gasteiger partial charge in [-0.25, -0.2) is 4.98 Å². The molecule has 0 radical (unpaired) electrons. The molecule has 0 aliphatic carbocycles. The first-order valence-electron chi connectivity index (χ1n) is 9.03. The van der Waals surface area contributed by atoms with Gasteiger partial charge in [-0.2, -0.15) is 0 Å². The number of hydrogen-bond acceptors (Lipinski definition) is 5. The van der Waals surface area contributed by atoms with Gasteiger partial charge in [0.2, 0.25) is 5.91 Å². The molecule has 0 bridgehead atoms. The molecule has 0 atom stereocenters. The molecular weight excluding hydrogens is 452 g/mol. The molecule has 0 saturated heterocycles. The first kappa shape index (κ1) is 21.1. The number of anilines is 1. The Morgan fingerprint density at radius 2 is 2.00 bits per heavy atom. The van der Waals surface area contributed by atoms with Crippen molar-refractivity contribution < 1.29 is 14.3 Å². The van der Waals surface area contributed by atoms with Crippen LogP contribution in [-0.4, -0.2) is 24.6 Å². The second kappa shape index (κ2) is 9.71. The van der Waals surface area contributed by atoms with Crippen LogP contribution in [0.4, 0.5) is 5.13 Å². The van der Waals surface area contributed by atoms with Crippen LogP contribution in [0.2, 0.25) is 0 Å². The van der Waals surface area contributed by atoms with Crippen molar-refractivity contribution in [2.75, 3.05) is 19.0 Å². The van der Waals surface area contributed by atoms with Crippen molar-refractivity contribution in [3.8, 4) is 22.8 Å². The number of carbonyl (C=O) groups excluding carboxylic acids is 1. The maximum absolute atomic E-state index is 12.3. The fraction of sp³-hybridized carbons (Fsp3) is 0.182. The molecular formula is C22H21BrN2O3S. The summed E-state index contributed by atoms with van der Waals surface area (Å²) in [4.78, 5) is 17.9. The van der Waals surface area contributed by atoms with E-state index in [0.29, 0.717) is 11.7 Å². The summed E-state index contributed by atoms with van der Waals surface area (Å²) in [5, 5.41) is 3.40. The zero-order chi connectivity index (χ0) is 20.8. The van der Waals surface area contributed by atoms with Crippen LogP contribution in [0, 0.1) is 6.92 Å². The first-order chi connectivity index (χ1) is 14.0. The highest BCUT2D eigenvalue weighted by molar-refractivity contribution is 9.10. The van der Waals surface area contributed by atoms with Crippen LogP contribution < -0.4 is 14.8 Å². The Hall–Kier alpha value is -2.64. The molecule has 3 aromatic rings. The zero-order valence-electron chi connectivity index (χ0n) is 16.4. The zero-order valence-corrected chi connectivity index (χ0v) is 18.8. The van der Waals surface area contributed by atoms with Crippen molar-refractivity contribution in [2.24, 2.45) is 0 Å². The quantitative estimate of drug-likeness (QED) is 0.432. The van der Waals surface area contributed by atoms with Crippen LogP contribution in [0.3, 0.4) is 0 Å². The minimum Gasteiger partial charge on any atom is -0.496 e. The number of thiazole rings is 1. The Morgan fingerprint density at radius 1 is 1.24 bits per heavy atom. The number of aromatic nitrogens is 1. The number of ether oxygens (including phenoxy) is 2. The number of nitrogens with zero attached hydrogens (tertiary/aromatic N) is 1. The molecule has 0 aliphatic rings. The summed E-state index contributed by atoms with van der Waals surface area (Å²) in [6, 6.07) is 13.4. The SMILES string of the molecule is CCOc1ccc(-c2nc(NC(=O)/C=C/c3ccc(OC)c(Br)c3)sc2C)cc1. The van der Waals surface area contributed by atoms with Gasteiger partial charge in [-0.15, -0.1) is 11.3 Å². The molecule has 150 valence electrons. The van der Waals surface area contributed by atoms with Crippen LogP contribution in [0.15, 0.2) is 53.0 Å². The van der Waals surface area contributed by atoms with E-state index in [4.69, 9.17) is 9.47 Å². The van der Waals surface area contributed by atoms with E-state index in [-0.39, 0.29) is 5.91 Å². The molecule has 0 aliphatic heterocycles. The van der Waals surface area contributed by atoms with Gasteiger partial charge in [0.15, 0.2) is 5.13 Å². The van der Waals surface area contributed by atoms with E-state index >= 15 is 0 Å². The van der Waals surface area contributed by atoms with E-state index in [1.165, 1.54) is 17.4 Å². The Labute approximate surface area is 182 Å². The highest BCUT2D eigenvalue weighted by Gasteiger charge is 2.11. The molecule has 1 heterocycles. The molecule has 29 heavy (non-hydrogen) atoms. The minimum absolute atomic E-state index is 0.232. The van der Waals surface area contributed by atoms with Gasteiger partial charge in [0.05, 0.1) is 23.9 Å². The maximum Gasteiger partial charge on any atom is 0.250 e. The van der Waals surface area contributed by atoms with Crippen LogP contribution in [-0.2, 0) is 4.79 Å². The van der Waals surface area contributed by atoms with Gasteiger partial charge in [0.1, 0.15) is 11.5 Å². The number of carbonyl (C=O) groups is 1. The fourth-order valence-corrected chi connectivity index (χ4v) is 4.10. The van der Waals surface area contributed by atoms with E-state index in [1.54, 1.807) is 13.2 Å². The summed E-state index contributed by atoms with van der Waals surface area (Å²) >= 11 is 4.89. The second-order valence-corrected chi connectivity index (χ2v) is 8.16. The number of benzene rings is 2. The van der Waals surface area contributed by atoms with Crippen molar-refractivity contribution in [2.45, 2.75) is 13.8 Å². The van der Waals surface area contributed by atoms with E-state index in [0.717, 1.165) is 37.7 Å². The van der Waals surface area contributed by atoms with Crippen LogP contribution in [0.1, 0.15) is 17.4 Å². The number of aryl methyl sites for hydroxylation is 1. The van der Waals surface area contributed by atoms with Gasteiger partial charge in [0.25, 0.3) is 0 Å². The molecule has 0 saturated carbocycles. The van der Waals surface area contributed by atoms with Gasteiger partial charge in [-0.05, 0) is 77.8 Å². The number of halogens is 1. The van der Waals surface area contributed by atoms with E-state index in [9.17, 15) is 4.79 Å². The minimum atomic E-state index is -0.232. The smallest absolute Gasteiger partial charge is 0.250 e. The third-order valence-corrected chi connectivity index (χ3v) is 5.57. The normalized spacial score (nSPS) is 10.9. The highest BCUT2D eigenvalue weighted by Crippen LogP contribution is 2.31. The molecule has 1 amide bonds. The van der Waals surface area contributed by atoms with Crippen molar-refractivity contribution in [1.82, 2.24) is 4.98 Å². The van der Waals surface area contributed by atoms with Crippen LogP contribution in [0.5, 0.6) is 11.5 Å². The Kier molecular flexibility index (Phi) is 7.06. The number of rotatable bonds is 7. The summed E-state index contributed by atoms with van der Waals surface area (Å²) in [6.45, 7) is 4.57. The van der Waals surface area contributed by atoms with E-state index in [1.807, 2.05) is 56.3 Å². The molecule has 3 rings (SSSR count). The van der Waals surface area contributed by atoms with Gasteiger partial charge >= 0.3 is 0 Å². The Balaban J connectivity index is 1.68. The average Bonchev–Trinajstić information content (AvgIpc) is 3.07. The lowest BCUT2D eigenvalue weighted by atomic mass is 10.1. The van der Waals surface area contributed by atoms with Gasteiger partial charge in [-0.1, -0.05) is 6.07 Å². The van der Waals surface area contributed by atoms with Crippen molar-refractivity contribution >= 4 is 44.4 Å². The molecule has 0 fully saturated rings. The summed E-state index contributed by atoms with van der Waals surface area (Å²) in [7, 11) is 1.61. The lowest BCUT2D eigenvalue weighted by Gasteiger charge is -2.04. The van der Waals surface area contributed by atoms with Crippen LogP contribution in [0.25, 0.3) is 17.3 Å². The van der Waals surface area contributed by atoms with E-state index in [2.05, 4.69) is 26.2 Å². The molecule has 1 aromatic heterocycles. The van der Waals surface area contributed by atoms with Gasteiger partial charge in [0, 0.05) is 16.5 Å². The predicted molar refractivity (Wildman–Crippen MR) is 122 cm³/mol. The standard InChI is InChI=1S/C22H21BrN2O3S/c1-4-28-17-9-7-16(8-10-17)21-14(2)29-22(25-21)24-20(26)12-6-15-5-11-19(27-3)18(23)13-15/h5-13H,4H2,1-3H3,(H,24,25,26)/b12-6+. The molecule has 0 spiro atoms. The Morgan fingerprint density at radius 3 is 2.66 bits per heavy atom. The monoisotopic (exact) mass is 472 g/mol. The van der Waals surface area contributed by atoms with Gasteiger partial charge < -0.3 is 9.47 Å². The molecule has 7 heteroatoms. The average molecular weight is 473 g/mol. The highest BCUT2D eigenvalue weighted by atomic mass is 79.9. The molecule has 1 N–H and O–H groups in total. The lowest BCUT2D eigenvalue weighted by Crippen LogP contribution is -2.07. The third kappa shape index (κ3) is 5.46. The maximum atomic E-state index is 12.3. The number of hydrogen-bond donors (Lipinski definition) is 1. The first-order valence-corrected chi connectivity index (χ1v) is 10.6. The van der Waals surface area contributed by atoms with Crippen molar-refractivity contribution in [3.05, 3.63) is 63.5 Å². The van der Waals surface area contributed by atoms with E-state index < -0.39 is 0 Å². The molecule has 5 nitrogen and oxygen atoms in total. The summed E-state index contributed by atoms with van der Waals surface area (Å²) < 4.78 is 11.5. The Bertz CT molecular complexity index is 1030. The predicted octanol–water partition coefficient (Wildman–Crippen LogP) is 5.94. The molecule has 2 aromatic carbocycles. The second-order valence-electron chi connectivity index (χ2n) is 6.10. The lowest BCUT2D eigenvalue weighted by molar-refractivity contribution is -0.111. The number of methoxy groups -OCH3 is 1. The topological polar surface area (TPSA) is 60.5 Å². The summed E-state index contributed by atoms with van der Waals surface area (Å²) in [5.74, 6) is 1.34. The largest absolute Gasteiger partial charge is 0.496 e. The molecule has 0 unspecified atom stereocenters. The van der Waals surface area contributed by atoms with Crippen LogP contribution >= 0.6 is 27.3 Å². The summed E-state index contributed by atoms with van der Waals surface area (Å²) in [6.07, 6.45) is 3.23. The van der Waals surface area contributed by atoms with Gasteiger partial charge in [-0.3, -0.25) is 10.1 Å². The number of amides is 1.